The number of likely N-dealkylation sites (N-methyl/N-ethyl adjacent to an activating group) is 1. The van der Waals surface area contributed by atoms with E-state index in [-0.39, 0.29) is 11.9 Å². The molecule has 0 unspecified atom stereocenters. The quantitative estimate of drug-likeness (QED) is 0.877. The predicted molar refractivity (Wildman–Crippen MR) is 100 cm³/mol. The summed E-state index contributed by atoms with van der Waals surface area (Å²) >= 11 is 0. The molecule has 0 aromatic heterocycles. The maximum Gasteiger partial charge on any atom is 0.312 e. The maximum atomic E-state index is 13.0. The zero-order valence-corrected chi connectivity index (χ0v) is 15.7. The highest BCUT2D eigenvalue weighted by atomic mass is 16.2. The average molecular weight is 346 g/mol. The fraction of sp³-hybridized carbons (Fsp3) is 0.579. The molecule has 6 heteroatoms. The van der Waals surface area contributed by atoms with Crippen molar-refractivity contribution in [3.8, 4) is 0 Å². The number of rotatable bonds is 4. The zero-order valence-electron chi connectivity index (χ0n) is 15.7. The lowest BCUT2D eigenvalue weighted by Crippen LogP contribution is -2.59. The molecular weight excluding hydrogens is 316 g/mol. The number of benzene rings is 1. The SMILES string of the molecule is CN(C(=O)[C@H](NC(N)=O)C(C)(C)C)[C@@H]1CCCN(c2ccccc2)C1. The van der Waals surface area contributed by atoms with Crippen molar-refractivity contribution in [3.05, 3.63) is 30.3 Å². The van der Waals surface area contributed by atoms with Crippen molar-refractivity contribution in [2.75, 3.05) is 25.0 Å². The Labute approximate surface area is 150 Å². The van der Waals surface area contributed by atoms with Gasteiger partial charge in [-0.1, -0.05) is 39.0 Å². The lowest BCUT2D eigenvalue weighted by molar-refractivity contribution is -0.136. The Morgan fingerprint density at radius 1 is 1.28 bits per heavy atom. The van der Waals surface area contributed by atoms with Gasteiger partial charge in [-0.2, -0.15) is 0 Å². The molecule has 1 fully saturated rings. The summed E-state index contributed by atoms with van der Waals surface area (Å²) in [6.07, 6.45) is 1.99. The number of para-hydroxylation sites is 1. The summed E-state index contributed by atoms with van der Waals surface area (Å²) in [5.74, 6) is -0.0915. The molecule has 1 aliphatic rings. The van der Waals surface area contributed by atoms with Gasteiger partial charge in [-0.05, 0) is 30.4 Å². The van der Waals surface area contributed by atoms with E-state index in [1.54, 1.807) is 4.90 Å². The Morgan fingerprint density at radius 3 is 2.48 bits per heavy atom. The lowest BCUT2D eigenvalue weighted by Gasteiger charge is -2.41. The molecule has 0 radical (unpaired) electrons. The van der Waals surface area contributed by atoms with Gasteiger partial charge in [0, 0.05) is 31.9 Å². The molecule has 0 bridgehead atoms. The van der Waals surface area contributed by atoms with Crippen LogP contribution in [0.15, 0.2) is 30.3 Å². The monoisotopic (exact) mass is 346 g/mol. The number of urea groups is 1. The number of anilines is 1. The van der Waals surface area contributed by atoms with Crippen LogP contribution in [0.5, 0.6) is 0 Å². The number of hydrogen-bond acceptors (Lipinski definition) is 3. The summed E-state index contributed by atoms with van der Waals surface area (Å²) in [5.41, 5.74) is 6.04. The van der Waals surface area contributed by atoms with Gasteiger partial charge in [0.25, 0.3) is 0 Å². The summed E-state index contributed by atoms with van der Waals surface area (Å²) in [6, 6.07) is 9.05. The van der Waals surface area contributed by atoms with Gasteiger partial charge in [-0.3, -0.25) is 4.79 Å². The van der Waals surface area contributed by atoms with E-state index in [2.05, 4.69) is 22.3 Å². The van der Waals surface area contributed by atoms with Crippen molar-refractivity contribution in [2.24, 2.45) is 11.1 Å². The first-order valence-electron chi connectivity index (χ1n) is 8.83. The number of carbonyl (C=O) groups excluding carboxylic acids is 2. The zero-order chi connectivity index (χ0) is 18.6. The fourth-order valence-electron chi connectivity index (χ4n) is 3.32. The van der Waals surface area contributed by atoms with Crippen LogP contribution in [0, 0.1) is 5.41 Å². The second-order valence-corrected chi connectivity index (χ2v) is 7.83. The number of hydrogen-bond donors (Lipinski definition) is 2. The van der Waals surface area contributed by atoms with Gasteiger partial charge in [-0.25, -0.2) is 4.79 Å². The van der Waals surface area contributed by atoms with Crippen LogP contribution >= 0.6 is 0 Å². The molecule has 1 heterocycles. The van der Waals surface area contributed by atoms with Crippen molar-refractivity contribution in [1.29, 1.82) is 0 Å². The molecular formula is C19H30N4O2. The summed E-state index contributed by atoms with van der Waals surface area (Å²) in [6.45, 7) is 7.56. The molecule has 0 saturated carbocycles. The van der Waals surface area contributed by atoms with E-state index in [1.807, 2.05) is 46.0 Å². The van der Waals surface area contributed by atoms with Crippen molar-refractivity contribution in [1.82, 2.24) is 10.2 Å². The standard InChI is InChI=1S/C19H30N4O2/c1-19(2,3)16(21-18(20)25)17(24)22(4)15-11-8-12-23(13-15)14-9-6-5-7-10-14/h5-7,9-10,15-16H,8,11-13H2,1-4H3,(H3,20,21,25)/t15-,16+/m1/s1. The minimum absolute atomic E-state index is 0.0915. The molecule has 2 rings (SSSR count). The Balaban J connectivity index is 2.10. The van der Waals surface area contributed by atoms with Gasteiger partial charge in [-0.15, -0.1) is 0 Å². The third-order valence-corrected chi connectivity index (χ3v) is 4.81. The van der Waals surface area contributed by atoms with Crippen LogP contribution in [0.4, 0.5) is 10.5 Å². The molecule has 3 amide bonds. The number of nitrogens with two attached hydrogens (primary N) is 1. The van der Waals surface area contributed by atoms with Crippen LogP contribution in [0.2, 0.25) is 0 Å². The van der Waals surface area contributed by atoms with Gasteiger partial charge < -0.3 is 20.9 Å². The van der Waals surface area contributed by atoms with Crippen molar-refractivity contribution < 1.29 is 9.59 Å². The number of nitrogens with one attached hydrogen (secondary N) is 1. The van der Waals surface area contributed by atoms with E-state index in [0.717, 1.165) is 25.9 Å². The molecule has 1 saturated heterocycles. The molecule has 138 valence electrons. The van der Waals surface area contributed by atoms with E-state index >= 15 is 0 Å². The Kier molecular flexibility index (Phi) is 5.93. The van der Waals surface area contributed by atoms with Crippen molar-refractivity contribution in [3.63, 3.8) is 0 Å². The van der Waals surface area contributed by atoms with Crippen LogP contribution in [-0.4, -0.2) is 49.1 Å². The van der Waals surface area contributed by atoms with E-state index in [1.165, 1.54) is 5.69 Å². The van der Waals surface area contributed by atoms with Crippen LogP contribution < -0.4 is 16.0 Å². The smallest absolute Gasteiger partial charge is 0.312 e. The Bertz CT molecular complexity index is 597. The number of nitrogens with zero attached hydrogens (tertiary/aromatic N) is 2. The molecule has 0 spiro atoms. The number of piperidine rings is 1. The minimum atomic E-state index is -0.670. The minimum Gasteiger partial charge on any atom is -0.369 e. The molecule has 0 aliphatic carbocycles. The first kappa shape index (κ1) is 19.1. The Morgan fingerprint density at radius 2 is 1.92 bits per heavy atom. The summed E-state index contributed by atoms with van der Waals surface area (Å²) in [4.78, 5) is 28.4. The van der Waals surface area contributed by atoms with Gasteiger partial charge in [0.15, 0.2) is 0 Å². The molecule has 1 aromatic carbocycles. The van der Waals surface area contributed by atoms with Gasteiger partial charge in [0.1, 0.15) is 6.04 Å². The van der Waals surface area contributed by atoms with Gasteiger partial charge in [0.05, 0.1) is 0 Å². The predicted octanol–water partition coefficient (Wildman–Crippen LogP) is 2.20. The average Bonchev–Trinajstić information content (AvgIpc) is 2.58. The second-order valence-electron chi connectivity index (χ2n) is 7.83. The highest BCUT2D eigenvalue weighted by Crippen LogP contribution is 2.25. The molecule has 6 nitrogen and oxygen atoms in total. The van der Waals surface area contributed by atoms with Crippen LogP contribution in [0.25, 0.3) is 0 Å². The van der Waals surface area contributed by atoms with Crippen molar-refractivity contribution >= 4 is 17.6 Å². The Hall–Kier alpha value is -2.24. The topological polar surface area (TPSA) is 78.7 Å². The first-order valence-corrected chi connectivity index (χ1v) is 8.83. The molecule has 25 heavy (non-hydrogen) atoms. The van der Waals surface area contributed by atoms with E-state index < -0.39 is 17.5 Å². The molecule has 1 aliphatic heterocycles. The highest BCUT2D eigenvalue weighted by Gasteiger charge is 2.37. The third-order valence-electron chi connectivity index (χ3n) is 4.81. The maximum absolute atomic E-state index is 13.0. The van der Waals surface area contributed by atoms with Crippen LogP contribution in [-0.2, 0) is 4.79 Å². The van der Waals surface area contributed by atoms with Crippen LogP contribution in [0.3, 0.4) is 0 Å². The normalized spacial score (nSPS) is 19.2. The van der Waals surface area contributed by atoms with Gasteiger partial charge >= 0.3 is 6.03 Å². The second kappa shape index (κ2) is 7.76. The van der Waals surface area contributed by atoms with E-state index in [9.17, 15) is 9.59 Å². The molecule has 3 N–H and O–H groups in total. The number of primary amides is 1. The highest BCUT2D eigenvalue weighted by molar-refractivity contribution is 5.87. The summed E-state index contributed by atoms with van der Waals surface area (Å²) in [7, 11) is 1.82. The largest absolute Gasteiger partial charge is 0.369 e. The van der Waals surface area contributed by atoms with Crippen LogP contribution in [0.1, 0.15) is 33.6 Å². The lowest BCUT2D eigenvalue weighted by atomic mass is 9.85. The number of amides is 3. The summed E-state index contributed by atoms with van der Waals surface area (Å²) < 4.78 is 0. The molecule has 2 atom stereocenters. The molecule has 1 aromatic rings. The fourth-order valence-corrected chi connectivity index (χ4v) is 3.32. The first-order chi connectivity index (χ1) is 11.7. The van der Waals surface area contributed by atoms with E-state index in [4.69, 9.17) is 5.73 Å². The van der Waals surface area contributed by atoms with Crippen molar-refractivity contribution in [2.45, 2.75) is 45.7 Å². The van der Waals surface area contributed by atoms with Gasteiger partial charge in [0.2, 0.25) is 5.91 Å². The summed E-state index contributed by atoms with van der Waals surface area (Å²) in [5, 5.41) is 2.62. The third kappa shape index (κ3) is 4.87. The van der Waals surface area contributed by atoms with E-state index in [0.29, 0.717) is 0 Å². The number of carbonyl (C=O) groups is 2.